The molecule has 0 unspecified atom stereocenters. The van der Waals surface area contributed by atoms with Crippen molar-refractivity contribution in [2.24, 2.45) is 0 Å². The molecule has 1 amide bonds. The van der Waals surface area contributed by atoms with Crippen LogP contribution in [0.1, 0.15) is 19.3 Å². The maximum atomic E-state index is 11.9. The number of anilines is 2. The molecule has 0 radical (unpaired) electrons. The third-order valence-corrected chi connectivity index (χ3v) is 2.91. The highest BCUT2D eigenvalue weighted by Crippen LogP contribution is 2.11. The second kappa shape index (κ2) is 5.52. The summed E-state index contributed by atoms with van der Waals surface area (Å²) in [6, 6.07) is 1.77. The zero-order valence-corrected chi connectivity index (χ0v) is 9.85. The monoisotopic (exact) mass is 234 g/mol. The molecule has 1 aromatic rings. The molecule has 5 nitrogen and oxygen atoms in total. The predicted octanol–water partition coefficient (Wildman–Crippen LogP) is 1.09. The molecule has 0 spiro atoms. The number of carbonyl (C=O) groups excluding carboxylic acids is 1. The number of nitrogens with two attached hydrogens (primary N) is 1. The highest BCUT2D eigenvalue weighted by atomic mass is 16.2. The first kappa shape index (κ1) is 11.7. The van der Waals surface area contributed by atoms with Gasteiger partial charge in [-0.2, -0.15) is 0 Å². The first-order valence-electron chi connectivity index (χ1n) is 5.98. The third kappa shape index (κ3) is 3.34. The van der Waals surface area contributed by atoms with Gasteiger partial charge in [-0.15, -0.1) is 0 Å². The van der Waals surface area contributed by atoms with E-state index >= 15 is 0 Å². The Morgan fingerprint density at radius 2 is 2.12 bits per heavy atom. The van der Waals surface area contributed by atoms with Crippen LogP contribution in [0.15, 0.2) is 18.5 Å². The fourth-order valence-corrected chi connectivity index (χ4v) is 1.99. The highest BCUT2D eigenvalue weighted by molar-refractivity contribution is 5.81. The quantitative estimate of drug-likeness (QED) is 0.821. The SMILES string of the molecule is Nc1cncc(NCC(=O)N2CCCCC2)c1. The van der Waals surface area contributed by atoms with Crippen LogP contribution in [0.5, 0.6) is 0 Å². The Hall–Kier alpha value is -1.78. The van der Waals surface area contributed by atoms with E-state index < -0.39 is 0 Å². The summed E-state index contributed by atoms with van der Waals surface area (Å²) in [6.45, 7) is 2.08. The second-order valence-corrected chi connectivity index (χ2v) is 4.30. The van der Waals surface area contributed by atoms with Gasteiger partial charge in [0.1, 0.15) is 0 Å². The standard InChI is InChI=1S/C12H18N4O/c13-10-6-11(8-14-7-10)15-9-12(17)16-4-2-1-3-5-16/h6-8,15H,1-5,9,13H2. The maximum Gasteiger partial charge on any atom is 0.241 e. The van der Waals surface area contributed by atoms with Crippen molar-refractivity contribution < 1.29 is 4.79 Å². The van der Waals surface area contributed by atoms with Crippen LogP contribution in [-0.2, 0) is 4.79 Å². The van der Waals surface area contributed by atoms with Gasteiger partial charge in [-0.25, -0.2) is 0 Å². The Morgan fingerprint density at radius 3 is 2.82 bits per heavy atom. The van der Waals surface area contributed by atoms with Crippen molar-refractivity contribution in [3.8, 4) is 0 Å². The first-order valence-corrected chi connectivity index (χ1v) is 5.98. The molecule has 0 aliphatic carbocycles. The minimum atomic E-state index is 0.145. The van der Waals surface area contributed by atoms with E-state index in [9.17, 15) is 4.79 Å². The van der Waals surface area contributed by atoms with Crippen LogP contribution in [0.3, 0.4) is 0 Å². The Kier molecular flexibility index (Phi) is 3.80. The minimum Gasteiger partial charge on any atom is -0.397 e. The molecule has 0 saturated carbocycles. The number of amides is 1. The van der Waals surface area contributed by atoms with E-state index in [1.54, 1.807) is 18.5 Å². The lowest BCUT2D eigenvalue weighted by Gasteiger charge is -2.26. The second-order valence-electron chi connectivity index (χ2n) is 4.30. The Balaban J connectivity index is 1.83. The van der Waals surface area contributed by atoms with Crippen LogP contribution in [0, 0.1) is 0 Å². The summed E-state index contributed by atoms with van der Waals surface area (Å²) < 4.78 is 0. The topological polar surface area (TPSA) is 71.2 Å². The van der Waals surface area contributed by atoms with Crippen LogP contribution in [0.25, 0.3) is 0 Å². The molecule has 0 aromatic carbocycles. The number of hydrogen-bond acceptors (Lipinski definition) is 4. The number of aromatic nitrogens is 1. The van der Waals surface area contributed by atoms with E-state index in [-0.39, 0.29) is 5.91 Å². The van der Waals surface area contributed by atoms with Crippen molar-refractivity contribution in [1.29, 1.82) is 0 Å². The fourth-order valence-electron chi connectivity index (χ4n) is 1.99. The van der Waals surface area contributed by atoms with E-state index in [1.165, 1.54) is 6.42 Å². The Labute approximate surface area is 101 Å². The molecular weight excluding hydrogens is 216 g/mol. The largest absolute Gasteiger partial charge is 0.397 e. The van der Waals surface area contributed by atoms with Gasteiger partial charge in [0.2, 0.25) is 5.91 Å². The number of nitrogens with zero attached hydrogens (tertiary/aromatic N) is 2. The smallest absolute Gasteiger partial charge is 0.241 e. The molecule has 1 aliphatic rings. The number of pyridine rings is 1. The molecule has 92 valence electrons. The van der Waals surface area contributed by atoms with Gasteiger partial charge in [-0.05, 0) is 25.3 Å². The molecule has 5 heteroatoms. The molecule has 17 heavy (non-hydrogen) atoms. The number of nitrogen functional groups attached to an aromatic ring is 1. The number of carbonyl (C=O) groups is 1. The van der Waals surface area contributed by atoms with Crippen molar-refractivity contribution >= 4 is 17.3 Å². The molecule has 0 atom stereocenters. The van der Waals surface area contributed by atoms with Crippen LogP contribution < -0.4 is 11.1 Å². The summed E-state index contributed by atoms with van der Waals surface area (Å²) in [5.41, 5.74) is 6.99. The van der Waals surface area contributed by atoms with E-state index in [2.05, 4.69) is 10.3 Å². The predicted molar refractivity (Wildman–Crippen MR) is 67.6 cm³/mol. The van der Waals surface area contributed by atoms with Gasteiger partial charge in [-0.1, -0.05) is 0 Å². The summed E-state index contributed by atoms with van der Waals surface area (Å²) in [5, 5.41) is 3.05. The van der Waals surface area contributed by atoms with Gasteiger partial charge in [0.05, 0.1) is 24.1 Å². The van der Waals surface area contributed by atoms with Gasteiger partial charge >= 0.3 is 0 Å². The van der Waals surface area contributed by atoms with E-state index in [0.717, 1.165) is 31.6 Å². The normalized spacial score (nSPS) is 15.6. The number of rotatable bonds is 3. The summed E-state index contributed by atoms with van der Waals surface area (Å²) >= 11 is 0. The number of piperidine rings is 1. The van der Waals surface area contributed by atoms with Crippen molar-refractivity contribution in [2.45, 2.75) is 19.3 Å². The fraction of sp³-hybridized carbons (Fsp3) is 0.500. The first-order chi connectivity index (χ1) is 8.25. The van der Waals surface area contributed by atoms with Gasteiger partial charge in [-0.3, -0.25) is 9.78 Å². The lowest BCUT2D eigenvalue weighted by Crippen LogP contribution is -2.39. The highest BCUT2D eigenvalue weighted by Gasteiger charge is 2.15. The van der Waals surface area contributed by atoms with Crippen LogP contribution in [-0.4, -0.2) is 35.4 Å². The average Bonchev–Trinajstić information content (AvgIpc) is 2.37. The van der Waals surface area contributed by atoms with Crippen molar-refractivity contribution in [2.75, 3.05) is 30.7 Å². The maximum absolute atomic E-state index is 11.9. The third-order valence-electron chi connectivity index (χ3n) is 2.91. The van der Waals surface area contributed by atoms with Crippen molar-refractivity contribution in [3.05, 3.63) is 18.5 Å². The summed E-state index contributed by atoms with van der Waals surface area (Å²) in [4.78, 5) is 17.7. The van der Waals surface area contributed by atoms with E-state index in [1.807, 2.05) is 4.90 Å². The van der Waals surface area contributed by atoms with Crippen LogP contribution in [0.2, 0.25) is 0 Å². The van der Waals surface area contributed by atoms with Gasteiger partial charge in [0, 0.05) is 19.3 Å². The molecule has 1 aliphatic heterocycles. The van der Waals surface area contributed by atoms with Crippen LogP contribution >= 0.6 is 0 Å². The Bertz CT molecular complexity index is 388. The van der Waals surface area contributed by atoms with Gasteiger partial charge in [0.25, 0.3) is 0 Å². The Morgan fingerprint density at radius 1 is 1.35 bits per heavy atom. The van der Waals surface area contributed by atoms with Crippen molar-refractivity contribution in [3.63, 3.8) is 0 Å². The van der Waals surface area contributed by atoms with E-state index in [0.29, 0.717) is 12.2 Å². The number of nitrogens with one attached hydrogen (secondary N) is 1. The summed E-state index contributed by atoms with van der Waals surface area (Å²) in [6.07, 6.45) is 6.71. The van der Waals surface area contributed by atoms with E-state index in [4.69, 9.17) is 5.73 Å². The van der Waals surface area contributed by atoms with Crippen LogP contribution in [0.4, 0.5) is 11.4 Å². The summed E-state index contributed by atoms with van der Waals surface area (Å²) in [5.74, 6) is 0.145. The molecule has 2 rings (SSSR count). The lowest BCUT2D eigenvalue weighted by atomic mass is 10.1. The van der Waals surface area contributed by atoms with Gasteiger partial charge < -0.3 is 16.0 Å². The average molecular weight is 234 g/mol. The van der Waals surface area contributed by atoms with Gasteiger partial charge in [0.15, 0.2) is 0 Å². The molecule has 1 fully saturated rings. The lowest BCUT2D eigenvalue weighted by molar-refractivity contribution is -0.130. The molecule has 3 N–H and O–H groups in total. The zero-order valence-electron chi connectivity index (χ0n) is 9.85. The zero-order chi connectivity index (χ0) is 12.1. The van der Waals surface area contributed by atoms with Crippen molar-refractivity contribution in [1.82, 2.24) is 9.88 Å². The number of hydrogen-bond donors (Lipinski definition) is 2. The molecule has 1 aromatic heterocycles. The number of likely N-dealkylation sites (tertiary alicyclic amines) is 1. The minimum absolute atomic E-state index is 0.145. The molecule has 1 saturated heterocycles. The molecule has 2 heterocycles. The molecule has 0 bridgehead atoms. The molecular formula is C12H18N4O. The summed E-state index contributed by atoms with van der Waals surface area (Å²) in [7, 11) is 0.